The average Bonchev–Trinajstić information content (AvgIpc) is 3.20. The average molecular weight is 427 g/mol. The molecule has 152 valence electrons. The third-order valence-electron chi connectivity index (χ3n) is 5.04. The molecular formula is C24H18N4O2S. The molecule has 3 heterocycles. The van der Waals surface area contributed by atoms with E-state index in [-0.39, 0.29) is 5.63 Å². The van der Waals surface area contributed by atoms with Crippen LogP contribution in [-0.2, 0) is 12.3 Å². The van der Waals surface area contributed by atoms with Crippen LogP contribution in [0.2, 0.25) is 0 Å². The van der Waals surface area contributed by atoms with Crippen LogP contribution < -0.4 is 5.63 Å². The van der Waals surface area contributed by atoms with Crippen LogP contribution in [0.4, 0.5) is 0 Å². The van der Waals surface area contributed by atoms with E-state index in [4.69, 9.17) is 4.42 Å². The topological polar surface area (TPSA) is 73.8 Å². The molecule has 7 heteroatoms. The van der Waals surface area contributed by atoms with Crippen LogP contribution >= 0.6 is 11.8 Å². The van der Waals surface area contributed by atoms with Crippen molar-refractivity contribution in [2.24, 2.45) is 0 Å². The van der Waals surface area contributed by atoms with Gasteiger partial charge in [0.1, 0.15) is 5.58 Å². The maximum absolute atomic E-state index is 12.2. The molecule has 0 aliphatic carbocycles. The van der Waals surface area contributed by atoms with E-state index < -0.39 is 0 Å². The van der Waals surface area contributed by atoms with E-state index in [1.165, 1.54) is 11.8 Å². The molecular weight excluding hydrogens is 408 g/mol. The third-order valence-corrected chi connectivity index (χ3v) is 6.05. The Balaban J connectivity index is 1.56. The summed E-state index contributed by atoms with van der Waals surface area (Å²) in [4.78, 5) is 16.3. The smallest absolute Gasteiger partial charge is 0.336 e. The first-order chi connectivity index (χ1) is 15.2. The lowest BCUT2D eigenvalue weighted by Crippen LogP contribution is -2.02. The Bertz CT molecular complexity index is 1460. The Morgan fingerprint density at radius 1 is 1.06 bits per heavy atom. The van der Waals surface area contributed by atoms with Crippen LogP contribution in [0.1, 0.15) is 5.56 Å². The molecule has 0 aliphatic heterocycles. The molecule has 0 radical (unpaired) electrons. The molecule has 0 bridgehead atoms. The van der Waals surface area contributed by atoms with Crippen molar-refractivity contribution in [3.8, 4) is 11.4 Å². The molecule has 0 atom stereocenters. The first-order valence-electron chi connectivity index (χ1n) is 9.76. The zero-order chi connectivity index (χ0) is 21.2. The summed E-state index contributed by atoms with van der Waals surface area (Å²) in [7, 11) is 0. The summed E-state index contributed by atoms with van der Waals surface area (Å²) in [5, 5.41) is 12.7. The van der Waals surface area contributed by atoms with E-state index in [0.717, 1.165) is 38.3 Å². The molecule has 0 spiro atoms. The van der Waals surface area contributed by atoms with Gasteiger partial charge in [-0.3, -0.25) is 9.55 Å². The highest BCUT2D eigenvalue weighted by Crippen LogP contribution is 2.32. The summed E-state index contributed by atoms with van der Waals surface area (Å²) in [6.07, 6.45) is 5.28. The fourth-order valence-electron chi connectivity index (χ4n) is 3.68. The van der Waals surface area contributed by atoms with Gasteiger partial charge in [0.15, 0.2) is 11.0 Å². The molecule has 6 nitrogen and oxygen atoms in total. The Morgan fingerprint density at radius 3 is 2.74 bits per heavy atom. The molecule has 0 saturated heterocycles. The predicted octanol–water partition coefficient (Wildman–Crippen LogP) is 5.08. The van der Waals surface area contributed by atoms with Crippen molar-refractivity contribution < 1.29 is 4.42 Å². The van der Waals surface area contributed by atoms with Crippen molar-refractivity contribution in [3.63, 3.8) is 0 Å². The van der Waals surface area contributed by atoms with Crippen LogP contribution in [-0.4, -0.2) is 19.7 Å². The summed E-state index contributed by atoms with van der Waals surface area (Å²) in [6, 6.07) is 17.3. The number of thioether (sulfide) groups is 1. The van der Waals surface area contributed by atoms with Gasteiger partial charge in [0.2, 0.25) is 0 Å². The van der Waals surface area contributed by atoms with E-state index >= 15 is 0 Å². The van der Waals surface area contributed by atoms with Gasteiger partial charge in [-0.1, -0.05) is 48.2 Å². The summed E-state index contributed by atoms with van der Waals surface area (Å²) in [5.41, 5.74) is 2.08. The van der Waals surface area contributed by atoms with Crippen molar-refractivity contribution in [2.45, 2.75) is 17.5 Å². The van der Waals surface area contributed by atoms with Gasteiger partial charge in [0.05, 0.1) is 0 Å². The molecule has 3 aromatic heterocycles. The van der Waals surface area contributed by atoms with Gasteiger partial charge in [-0.2, -0.15) is 0 Å². The summed E-state index contributed by atoms with van der Waals surface area (Å²) in [6.45, 7) is 4.44. The summed E-state index contributed by atoms with van der Waals surface area (Å²) in [5.74, 6) is 1.31. The lowest BCUT2D eigenvalue weighted by Gasteiger charge is -2.10. The molecule has 0 saturated carbocycles. The molecule has 0 unspecified atom stereocenters. The number of aromatic nitrogens is 4. The van der Waals surface area contributed by atoms with Crippen LogP contribution in [0.5, 0.6) is 0 Å². The molecule has 31 heavy (non-hydrogen) atoms. The number of benzene rings is 2. The minimum absolute atomic E-state index is 0.358. The zero-order valence-electron chi connectivity index (χ0n) is 16.6. The van der Waals surface area contributed by atoms with Crippen molar-refractivity contribution in [2.75, 3.05) is 0 Å². The second-order valence-electron chi connectivity index (χ2n) is 6.98. The maximum Gasteiger partial charge on any atom is 0.336 e. The number of nitrogens with zero attached hydrogens (tertiary/aromatic N) is 4. The Labute approximate surface area is 182 Å². The van der Waals surface area contributed by atoms with Crippen LogP contribution in [0.25, 0.3) is 33.1 Å². The van der Waals surface area contributed by atoms with E-state index in [1.807, 2.05) is 53.1 Å². The van der Waals surface area contributed by atoms with E-state index in [9.17, 15) is 4.79 Å². The molecule has 5 aromatic rings. The normalized spacial score (nSPS) is 11.2. The van der Waals surface area contributed by atoms with Crippen LogP contribution in [0.15, 0.2) is 94.0 Å². The number of hydrogen-bond acceptors (Lipinski definition) is 6. The Morgan fingerprint density at radius 2 is 1.90 bits per heavy atom. The molecule has 2 aromatic carbocycles. The number of allylic oxidation sites excluding steroid dienone is 1. The number of pyridine rings is 1. The zero-order valence-corrected chi connectivity index (χ0v) is 17.4. The second-order valence-corrected chi connectivity index (χ2v) is 7.92. The van der Waals surface area contributed by atoms with Gasteiger partial charge >= 0.3 is 5.63 Å². The van der Waals surface area contributed by atoms with Gasteiger partial charge < -0.3 is 4.42 Å². The molecule has 0 fully saturated rings. The van der Waals surface area contributed by atoms with Gasteiger partial charge in [-0.15, -0.1) is 16.8 Å². The SMILES string of the molecule is C=CCn1c(SCc2cc(=O)oc3ccc4ccccc4c23)nnc1-c1ccncc1. The number of rotatable bonds is 6. The first-order valence-corrected chi connectivity index (χ1v) is 10.7. The van der Waals surface area contributed by atoms with Crippen molar-refractivity contribution in [1.29, 1.82) is 0 Å². The monoisotopic (exact) mass is 426 g/mol. The molecule has 5 rings (SSSR count). The standard InChI is InChI=1S/C24H18N4O2S/c1-2-13-28-23(17-9-11-25-12-10-17)26-27-24(28)31-15-18-14-21(29)30-20-8-7-16-5-3-4-6-19(16)22(18)20/h2-12,14H,1,13,15H2. The maximum atomic E-state index is 12.2. The molecule has 0 aliphatic rings. The Hall–Kier alpha value is -3.71. The lowest BCUT2D eigenvalue weighted by molar-refractivity contribution is 0.560. The fourth-order valence-corrected chi connectivity index (χ4v) is 4.61. The number of fused-ring (bicyclic) bond motifs is 3. The first kappa shape index (κ1) is 19.3. The third kappa shape index (κ3) is 3.64. The summed E-state index contributed by atoms with van der Waals surface area (Å²) >= 11 is 1.53. The largest absolute Gasteiger partial charge is 0.423 e. The molecule has 0 amide bonds. The lowest BCUT2D eigenvalue weighted by atomic mass is 10.0. The predicted molar refractivity (Wildman–Crippen MR) is 123 cm³/mol. The van der Waals surface area contributed by atoms with E-state index in [2.05, 4.69) is 27.8 Å². The minimum Gasteiger partial charge on any atom is -0.423 e. The van der Waals surface area contributed by atoms with E-state index in [0.29, 0.717) is 17.9 Å². The highest BCUT2D eigenvalue weighted by atomic mass is 32.2. The fraction of sp³-hybridized carbons (Fsp3) is 0.0833. The second kappa shape index (κ2) is 8.20. The highest BCUT2D eigenvalue weighted by molar-refractivity contribution is 7.98. The number of hydrogen-bond donors (Lipinski definition) is 0. The van der Waals surface area contributed by atoms with Crippen molar-refractivity contribution in [1.82, 2.24) is 19.7 Å². The Kier molecular flexibility index (Phi) is 5.09. The summed E-state index contributed by atoms with van der Waals surface area (Å²) < 4.78 is 7.48. The minimum atomic E-state index is -0.358. The van der Waals surface area contributed by atoms with Crippen LogP contribution in [0.3, 0.4) is 0 Å². The van der Waals surface area contributed by atoms with Gasteiger partial charge in [-0.25, -0.2) is 4.79 Å². The van der Waals surface area contributed by atoms with Gasteiger partial charge in [0.25, 0.3) is 0 Å². The quantitative estimate of drug-likeness (QED) is 0.163. The highest BCUT2D eigenvalue weighted by Gasteiger charge is 2.15. The van der Waals surface area contributed by atoms with Crippen molar-refractivity contribution >= 4 is 33.5 Å². The van der Waals surface area contributed by atoms with Crippen LogP contribution in [0, 0.1) is 0 Å². The van der Waals surface area contributed by atoms with E-state index in [1.54, 1.807) is 18.5 Å². The molecule has 0 N–H and O–H groups in total. The van der Waals surface area contributed by atoms with Gasteiger partial charge in [-0.05, 0) is 34.5 Å². The van der Waals surface area contributed by atoms with Crippen molar-refractivity contribution in [3.05, 3.63) is 95.6 Å². The van der Waals surface area contributed by atoms with Gasteiger partial charge in [0, 0.05) is 41.7 Å².